The molecule has 3 rings (SSSR count). The summed E-state index contributed by atoms with van der Waals surface area (Å²) in [6.45, 7) is 9.15. The number of nitrogens with zero attached hydrogens (tertiary/aromatic N) is 2. The van der Waals surface area contributed by atoms with Gasteiger partial charge in [0, 0.05) is 27.1 Å². The van der Waals surface area contributed by atoms with E-state index in [2.05, 4.69) is 5.32 Å². The Balaban J connectivity index is 1.85. The first-order valence-electron chi connectivity index (χ1n) is 13.2. The van der Waals surface area contributed by atoms with Crippen LogP contribution in [-0.4, -0.2) is 74.4 Å². The molecule has 2 aromatic rings. The number of aryl methyl sites for hydroxylation is 1. The lowest BCUT2D eigenvalue weighted by Gasteiger charge is -2.32. The molecule has 0 unspecified atom stereocenters. The van der Waals surface area contributed by atoms with Crippen molar-refractivity contribution in [3.8, 4) is 5.75 Å². The highest BCUT2D eigenvalue weighted by Crippen LogP contribution is 2.39. The Bertz CT molecular complexity index is 1320. The van der Waals surface area contributed by atoms with Gasteiger partial charge in [-0.05, 0) is 62.4 Å². The normalized spacial score (nSPS) is 17.8. The Hall–Kier alpha value is -3.44. The monoisotopic (exact) mass is 573 g/mol. The van der Waals surface area contributed by atoms with Crippen molar-refractivity contribution in [3.05, 3.63) is 59.7 Å². The van der Waals surface area contributed by atoms with E-state index in [1.54, 1.807) is 64.3 Å². The van der Waals surface area contributed by atoms with Crippen molar-refractivity contribution in [1.82, 2.24) is 14.5 Å². The number of ether oxygens (including phenoxy) is 2. The van der Waals surface area contributed by atoms with Gasteiger partial charge in [0.1, 0.15) is 17.8 Å². The van der Waals surface area contributed by atoms with Crippen LogP contribution in [-0.2, 0) is 30.8 Å². The van der Waals surface area contributed by atoms with Gasteiger partial charge in [0.2, 0.25) is 15.9 Å². The third-order valence-electron chi connectivity index (χ3n) is 6.77. The van der Waals surface area contributed by atoms with Crippen LogP contribution in [0.2, 0.25) is 0 Å². The fourth-order valence-electron chi connectivity index (χ4n) is 4.52. The molecular weight excluding hydrogens is 534 g/mol. The number of rotatable bonds is 9. The lowest BCUT2D eigenvalue weighted by Crippen LogP contribution is -2.55. The Kier molecular flexibility index (Phi) is 9.63. The smallest absolute Gasteiger partial charge is 0.414 e. The Morgan fingerprint density at radius 3 is 2.20 bits per heavy atom. The molecular formula is C29H39N3O7S. The molecule has 40 heavy (non-hydrogen) atoms. The summed E-state index contributed by atoms with van der Waals surface area (Å²) in [6, 6.07) is 11.0. The number of sulfonamides is 1. The third kappa shape index (κ3) is 7.39. The second-order valence-corrected chi connectivity index (χ2v) is 13.1. The van der Waals surface area contributed by atoms with Crippen molar-refractivity contribution in [2.45, 2.75) is 70.5 Å². The van der Waals surface area contributed by atoms with Gasteiger partial charge in [0.05, 0.1) is 11.0 Å². The van der Waals surface area contributed by atoms with Gasteiger partial charge in [-0.15, -0.1) is 0 Å². The lowest BCUT2D eigenvalue weighted by molar-refractivity contribution is -0.152. The Morgan fingerprint density at radius 2 is 1.65 bits per heavy atom. The first-order chi connectivity index (χ1) is 18.6. The van der Waals surface area contributed by atoms with Gasteiger partial charge < -0.3 is 19.7 Å². The van der Waals surface area contributed by atoms with Gasteiger partial charge in [-0.2, -0.15) is 4.31 Å². The van der Waals surface area contributed by atoms with Crippen LogP contribution in [0.1, 0.15) is 45.2 Å². The van der Waals surface area contributed by atoms with Crippen LogP contribution >= 0.6 is 0 Å². The maximum absolute atomic E-state index is 13.7. The second kappa shape index (κ2) is 12.4. The van der Waals surface area contributed by atoms with Crippen molar-refractivity contribution in [2.75, 3.05) is 20.6 Å². The van der Waals surface area contributed by atoms with Crippen LogP contribution in [0.25, 0.3) is 0 Å². The molecule has 2 atom stereocenters. The first-order valence-corrected chi connectivity index (χ1v) is 14.6. The number of benzene rings is 2. The molecule has 2 amide bonds. The highest BCUT2D eigenvalue weighted by Gasteiger charge is 2.50. The van der Waals surface area contributed by atoms with Gasteiger partial charge in [0.15, 0.2) is 0 Å². The lowest BCUT2D eigenvalue weighted by atomic mass is 9.84. The summed E-state index contributed by atoms with van der Waals surface area (Å²) in [5.41, 5.74) is 0.933. The van der Waals surface area contributed by atoms with Crippen molar-refractivity contribution < 1.29 is 32.3 Å². The van der Waals surface area contributed by atoms with Crippen molar-refractivity contribution in [1.29, 1.82) is 0 Å². The zero-order valence-electron chi connectivity index (χ0n) is 24.1. The zero-order chi connectivity index (χ0) is 29.8. The largest absolute Gasteiger partial charge is 0.461 e. The van der Waals surface area contributed by atoms with Gasteiger partial charge in [-0.25, -0.2) is 18.0 Å². The van der Waals surface area contributed by atoms with E-state index in [-0.39, 0.29) is 17.9 Å². The molecule has 1 heterocycles. The highest BCUT2D eigenvalue weighted by atomic mass is 32.2. The van der Waals surface area contributed by atoms with Crippen LogP contribution in [0.5, 0.6) is 5.75 Å². The van der Waals surface area contributed by atoms with Crippen molar-refractivity contribution in [2.24, 2.45) is 5.41 Å². The molecule has 1 N–H and O–H groups in total. The maximum Gasteiger partial charge on any atom is 0.414 e. The predicted octanol–water partition coefficient (Wildman–Crippen LogP) is 3.52. The van der Waals surface area contributed by atoms with E-state index in [0.717, 1.165) is 5.56 Å². The van der Waals surface area contributed by atoms with Crippen LogP contribution in [0.3, 0.4) is 0 Å². The Labute approximate surface area is 236 Å². The third-order valence-corrected chi connectivity index (χ3v) is 8.65. The highest BCUT2D eigenvalue weighted by molar-refractivity contribution is 7.89. The molecule has 218 valence electrons. The SMILES string of the molecule is Cc1ccc(S(=O)(=O)N2CCC(C)(C)[C@H]2C(=O)N[C@@H](Cc2ccc(OC(=O)N(C)C)cc2)C(=O)OC(C)C)cc1. The van der Waals surface area contributed by atoms with E-state index in [9.17, 15) is 22.8 Å². The standard InChI is InChI=1S/C29H39N3O7S/c1-19(2)38-27(34)24(18-21-10-12-22(13-11-21)39-28(35)31(6)7)30-26(33)25-29(4,5)16-17-32(25)40(36,37)23-14-8-20(3)9-15-23/h8-15,19,24-25H,16-18H2,1-7H3,(H,30,33)/t24-,25+/m0/s1. The molecule has 1 aliphatic rings. The number of esters is 1. The minimum atomic E-state index is -3.96. The van der Waals surface area contributed by atoms with Gasteiger partial charge >= 0.3 is 12.1 Å². The molecule has 0 spiro atoms. The summed E-state index contributed by atoms with van der Waals surface area (Å²) in [4.78, 5) is 40.0. The van der Waals surface area contributed by atoms with Gasteiger partial charge in [-0.3, -0.25) is 4.79 Å². The number of carbonyl (C=O) groups excluding carboxylic acids is 3. The number of carbonyl (C=O) groups is 3. The topological polar surface area (TPSA) is 122 Å². The molecule has 0 saturated carbocycles. The molecule has 2 aromatic carbocycles. The number of hydrogen-bond donors (Lipinski definition) is 1. The zero-order valence-corrected chi connectivity index (χ0v) is 24.9. The van der Waals surface area contributed by atoms with E-state index < -0.39 is 51.6 Å². The average molecular weight is 574 g/mol. The summed E-state index contributed by atoms with van der Waals surface area (Å²) < 4.78 is 39.0. The van der Waals surface area contributed by atoms with E-state index in [1.807, 2.05) is 20.8 Å². The summed E-state index contributed by atoms with van der Waals surface area (Å²) in [5.74, 6) is -0.868. The maximum atomic E-state index is 13.7. The number of amides is 2. The summed E-state index contributed by atoms with van der Waals surface area (Å²) in [6.07, 6.45) is -0.370. The quantitative estimate of drug-likeness (QED) is 0.456. The molecule has 11 heteroatoms. The second-order valence-electron chi connectivity index (χ2n) is 11.2. The minimum absolute atomic E-state index is 0.0943. The molecule has 0 aliphatic carbocycles. The Morgan fingerprint density at radius 1 is 1.05 bits per heavy atom. The number of nitrogens with one attached hydrogen (secondary N) is 1. The van der Waals surface area contributed by atoms with Gasteiger partial charge in [-0.1, -0.05) is 43.7 Å². The molecule has 0 aromatic heterocycles. The fraction of sp³-hybridized carbons (Fsp3) is 0.483. The molecule has 1 aliphatic heterocycles. The number of hydrogen-bond acceptors (Lipinski definition) is 7. The van der Waals surface area contributed by atoms with Crippen LogP contribution in [0.15, 0.2) is 53.4 Å². The van der Waals surface area contributed by atoms with E-state index in [4.69, 9.17) is 9.47 Å². The van der Waals surface area contributed by atoms with Crippen LogP contribution < -0.4 is 10.1 Å². The molecule has 0 bridgehead atoms. The van der Waals surface area contributed by atoms with Crippen LogP contribution in [0, 0.1) is 12.3 Å². The summed E-state index contributed by atoms with van der Waals surface area (Å²) in [7, 11) is -0.819. The molecule has 10 nitrogen and oxygen atoms in total. The van der Waals surface area contributed by atoms with Gasteiger partial charge in [0.25, 0.3) is 0 Å². The average Bonchev–Trinajstić information content (AvgIpc) is 3.20. The van der Waals surface area contributed by atoms with E-state index >= 15 is 0 Å². The van der Waals surface area contributed by atoms with E-state index in [0.29, 0.717) is 17.7 Å². The molecule has 1 saturated heterocycles. The van der Waals surface area contributed by atoms with E-state index in [1.165, 1.54) is 21.3 Å². The van der Waals surface area contributed by atoms with Crippen molar-refractivity contribution >= 4 is 28.0 Å². The first kappa shape index (κ1) is 31.1. The fourth-order valence-corrected chi connectivity index (χ4v) is 6.27. The molecule has 1 fully saturated rings. The van der Waals surface area contributed by atoms with Crippen molar-refractivity contribution in [3.63, 3.8) is 0 Å². The summed E-state index contributed by atoms with van der Waals surface area (Å²) >= 11 is 0. The molecule has 0 radical (unpaired) electrons. The predicted molar refractivity (Wildman–Crippen MR) is 150 cm³/mol. The summed E-state index contributed by atoms with van der Waals surface area (Å²) in [5, 5.41) is 2.78. The van der Waals surface area contributed by atoms with Crippen LogP contribution in [0.4, 0.5) is 4.79 Å². The minimum Gasteiger partial charge on any atom is -0.461 e.